The summed E-state index contributed by atoms with van der Waals surface area (Å²) < 4.78 is 12.0. The number of anilines is 1. The number of hydrogen-bond donors (Lipinski definition) is 1. The van der Waals surface area contributed by atoms with Crippen LogP contribution >= 0.6 is 0 Å². The average Bonchev–Trinajstić information content (AvgIpc) is 3.08. The molecular weight excluding hydrogens is 336 g/mol. The molecule has 1 aromatic carbocycles. The van der Waals surface area contributed by atoms with Crippen LogP contribution in [0.25, 0.3) is 0 Å². The van der Waals surface area contributed by atoms with Gasteiger partial charge in [-0.3, -0.25) is 4.79 Å². The SMILES string of the molecule is CC(C)n1nccc1NC(=O)[C@H](C)OC(=O)COc1ccccc1C#N. The molecule has 0 fully saturated rings. The molecule has 26 heavy (non-hydrogen) atoms. The fourth-order valence-electron chi connectivity index (χ4n) is 2.16. The lowest BCUT2D eigenvalue weighted by atomic mass is 10.2. The molecule has 0 aliphatic heterocycles. The van der Waals surface area contributed by atoms with Gasteiger partial charge in [0.25, 0.3) is 5.91 Å². The van der Waals surface area contributed by atoms with Gasteiger partial charge in [0.2, 0.25) is 0 Å². The Morgan fingerprint density at radius 3 is 2.69 bits per heavy atom. The summed E-state index contributed by atoms with van der Waals surface area (Å²) in [5, 5.41) is 15.8. The van der Waals surface area contributed by atoms with Crippen molar-refractivity contribution in [2.75, 3.05) is 11.9 Å². The van der Waals surface area contributed by atoms with Gasteiger partial charge in [-0.15, -0.1) is 0 Å². The van der Waals surface area contributed by atoms with Gasteiger partial charge in [0.05, 0.1) is 11.8 Å². The van der Waals surface area contributed by atoms with Crippen molar-refractivity contribution in [3.8, 4) is 11.8 Å². The normalized spacial score (nSPS) is 11.5. The molecule has 0 unspecified atom stereocenters. The minimum atomic E-state index is -1.01. The van der Waals surface area contributed by atoms with Crippen molar-refractivity contribution in [2.24, 2.45) is 0 Å². The number of aromatic nitrogens is 2. The van der Waals surface area contributed by atoms with E-state index in [0.29, 0.717) is 11.4 Å². The topological polar surface area (TPSA) is 106 Å². The van der Waals surface area contributed by atoms with Crippen LogP contribution in [-0.4, -0.2) is 34.4 Å². The highest BCUT2D eigenvalue weighted by atomic mass is 16.6. The predicted octanol–water partition coefficient (Wildman–Crippen LogP) is 2.28. The highest BCUT2D eigenvalue weighted by Crippen LogP contribution is 2.17. The Kier molecular flexibility index (Phi) is 6.33. The minimum Gasteiger partial charge on any atom is -0.481 e. The molecule has 0 aliphatic rings. The zero-order valence-corrected chi connectivity index (χ0v) is 14.8. The van der Waals surface area contributed by atoms with Crippen LogP contribution in [0.2, 0.25) is 0 Å². The van der Waals surface area contributed by atoms with Crippen molar-refractivity contribution in [1.82, 2.24) is 9.78 Å². The molecule has 0 spiro atoms. The third-order valence-electron chi connectivity index (χ3n) is 3.44. The van der Waals surface area contributed by atoms with Crippen LogP contribution in [0, 0.1) is 11.3 Å². The number of benzene rings is 1. The lowest BCUT2D eigenvalue weighted by Crippen LogP contribution is -2.32. The van der Waals surface area contributed by atoms with Gasteiger partial charge in [0, 0.05) is 12.1 Å². The van der Waals surface area contributed by atoms with Crippen LogP contribution < -0.4 is 10.1 Å². The molecule has 2 rings (SSSR count). The third kappa shape index (κ3) is 4.83. The molecule has 0 saturated heterocycles. The van der Waals surface area contributed by atoms with Crippen LogP contribution in [0.1, 0.15) is 32.4 Å². The maximum Gasteiger partial charge on any atom is 0.344 e. The second kappa shape index (κ2) is 8.67. The first-order valence-electron chi connectivity index (χ1n) is 8.08. The number of para-hydroxylation sites is 1. The number of rotatable bonds is 7. The first-order chi connectivity index (χ1) is 12.4. The molecule has 0 radical (unpaired) electrons. The molecule has 1 N–H and O–H groups in total. The summed E-state index contributed by atoms with van der Waals surface area (Å²) in [6.45, 7) is 4.93. The molecule has 1 atom stereocenters. The number of nitrogens with one attached hydrogen (secondary N) is 1. The Bertz CT molecular complexity index is 823. The van der Waals surface area contributed by atoms with Crippen molar-refractivity contribution in [2.45, 2.75) is 32.9 Å². The number of esters is 1. The van der Waals surface area contributed by atoms with Crippen molar-refractivity contribution in [1.29, 1.82) is 5.26 Å². The summed E-state index contributed by atoms with van der Waals surface area (Å²) >= 11 is 0. The van der Waals surface area contributed by atoms with Gasteiger partial charge in [-0.1, -0.05) is 12.1 Å². The highest BCUT2D eigenvalue weighted by molar-refractivity contribution is 5.94. The van der Waals surface area contributed by atoms with Crippen molar-refractivity contribution in [3.05, 3.63) is 42.1 Å². The molecular formula is C18H20N4O4. The molecule has 0 saturated carbocycles. The first-order valence-corrected chi connectivity index (χ1v) is 8.08. The number of carbonyl (C=O) groups is 2. The van der Waals surface area contributed by atoms with E-state index < -0.39 is 24.6 Å². The van der Waals surface area contributed by atoms with E-state index in [0.717, 1.165) is 0 Å². The summed E-state index contributed by atoms with van der Waals surface area (Å²) in [5.74, 6) is -0.382. The molecule has 0 aliphatic carbocycles. The molecule has 136 valence electrons. The summed E-state index contributed by atoms with van der Waals surface area (Å²) in [6.07, 6.45) is 0.570. The summed E-state index contributed by atoms with van der Waals surface area (Å²) in [7, 11) is 0. The number of amides is 1. The summed E-state index contributed by atoms with van der Waals surface area (Å²) in [6, 6.07) is 10.2. The van der Waals surface area contributed by atoms with Crippen LogP contribution in [0.4, 0.5) is 5.82 Å². The van der Waals surface area contributed by atoms with Crippen LogP contribution in [0.5, 0.6) is 5.75 Å². The van der Waals surface area contributed by atoms with E-state index in [9.17, 15) is 9.59 Å². The molecule has 1 heterocycles. The quantitative estimate of drug-likeness (QED) is 0.763. The average molecular weight is 356 g/mol. The van der Waals surface area contributed by atoms with Crippen LogP contribution in [-0.2, 0) is 14.3 Å². The van der Waals surface area contributed by atoms with E-state index in [1.54, 1.807) is 41.2 Å². The van der Waals surface area contributed by atoms with Gasteiger partial charge in [-0.05, 0) is 32.9 Å². The first kappa shape index (κ1) is 19.0. The van der Waals surface area contributed by atoms with Crippen molar-refractivity contribution >= 4 is 17.7 Å². The minimum absolute atomic E-state index is 0.0757. The second-order valence-corrected chi connectivity index (χ2v) is 5.77. The Morgan fingerprint density at radius 1 is 1.27 bits per heavy atom. The fraction of sp³-hybridized carbons (Fsp3) is 0.333. The van der Waals surface area contributed by atoms with Crippen molar-refractivity contribution < 1.29 is 19.1 Å². The third-order valence-corrected chi connectivity index (χ3v) is 3.44. The van der Waals surface area contributed by atoms with E-state index in [-0.39, 0.29) is 11.8 Å². The van der Waals surface area contributed by atoms with E-state index in [1.807, 2.05) is 19.9 Å². The number of ether oxygens (including phenoxy) is 2. The number of hydrogen-bond acceptors (Lipinski definition) is 6. The number of carbonyl (C=O) groups excluding carboxylic acids is 2. The highest BCUT2D eigenvalue weighted by Gasteiger charge is 2.20. The lowest BCUT2D eigenvalue weighted by Gasteiger charge is -2.16. The van der Waals surface area contributed by atoms with Gasteiger partial charge in [-0.25, -0.2) is 9.48 Å². The van der Waals surface area contributed by atoms with E-state index >= 15 is 0 Å². The fourth-order valence-corrected chi connectivity index (χ4v) is 2.16. The van der Waals surface area contributed by atoms with E-state index in [2.05, 4.69) is 10.4 Å². The maximum absolute atomic E-state index is 12.2. The zero-order valence-electron chi connectivity index (χ0n) is 14.8. The monoisotopic (exact) mass is 356 g/mol. The number of nitriles is 1. The van der Waals surface area contributed by atoms with E-state index in [1.165, 1.54) is 6.92 Å². The molecule has 8 nitrogen and oxygen atoms in total. The Hall–Kier alpha value is -3.34. The van der Waals surface area contributed by atoms with E-state index in [4.69, 9.17) is 14.7 Å². The second-order valence-electron chi connectivity index (χ2n) is 5.77. The van der Waals surface area contributed by atoms with Crippen LogP contribution in [0.3, 0.4) is 0 Å². The Morgan fingerprint density at radius 2 is 2.00 bits per heavy atom. The van der Waals surface area contributed by atoms with Gasteiger partial charge in [0.15, 0.2) is 12.7 Å². The van der Waals surface area contributed by atoms with Crippen LogP contribution in [0.15, 0.2) is 36.5 Å². The summed E-state index contributed by atoms with van der Waals surface area (Å²) in [4.78, 5) is 24.1. The summed E-state index contributed by atoms with van der Waals surface area (Å²) in [5.41, 5.74) is 0.313. The molecule has 0 bridgehead atoms. The smallest absolute Gasteiger partial charge is 0.344 e. The molecule has 2 aromatic rings. The largest absolute Gasteiger partial charge is 0.481 e. The number of nitrogens with zero attached hydrogens (tertiary/aromatic N) is 3. The predicted molar refractivity (Wildman–Crippen MR) is 93.4 cm³/mol. The van der Waals surface area contributed by atoms with Gasteiger partial charge in [0.1, 0.15) is 17.6 Å². The van der Waals surface area contributed by atoms with Gasteiger partial charge < -0.3 is 14.8 Å². The van der Waals surface area contributed by atoms with Gasteiger partial charge in [-0.2, -0.15) is 10.4 Å². The maximum atomic E-state index is 12.2. The molecule has 1 amide bonds. The van der Waals surface area contributed by atoms with Gasteiger partial charge >= 0.3 is 5.97 Å². The standard InChI is InChI=1S/C18H20N4O4/c1-12(2)22-16(8-9-20-22)21-18(24)13(3)26-17(23)11-25-15-7-5-4-6-14(15)10-19/h4-9,12-13H,11H2,1-3H3,(H,21,24)/t13-/m0/s1. The zero-order chi connectivity index (χ0) is 19.1. The Labute approximate surface area is 151 Å². The molecule has 1 aromatic heterocycles. The Balaban J connectivity index is 1.87. The van der Waals surface area contributed by atoms with Crippen molar-refractivity contribution in [3.63, 3.8) is 0 Å². The molecule has 8 heteroatoms. The lowest BCUT2D eigenvalue weighted by molar-refractivity contribution is -0.155.